The van der Waals surface area contributed by atoms with Crippen molar-refractivity contribution in [2.75, 3.05) is 64.9 Å². The summed E-state index contributed by atoms with van der Waals surface area (Å²) in [5, 5.41) is 9.12. The molecule has 0 aromatic carbocycles. The Morgan fingerprint density at radius 2 is 2.23 bits per heavy atom. The molecule has 7 nitrogen and oxygen atoms in total. The number of anilines is 1. The number of nitriles is 1. The van der Waals surface area contributed by atoms with Crippen molar-refractivity contribution in [3.8, 4) is 6.07 Å². The van der Waals surface area contributed by atoms with Crippen molar-refractivity contribution in [3.05, 3.63) is 23.9 Å². The van der Waals surface area contributed by atoms with Gasteiger partial charge in [-0.05, 0) is 39.1 Å². The zero-order chi connectivity index (χ0) is 18.6. The van der Waals surface area contributed by atoms with Gasteiger partial charge in [-0.25, -0.2) is 4.98 Å². The molecular weight excluding hydrogens is 330 g/mol. The third kappa shape index (κ3) is 4.32. The van der Waals surface area contributed by atoms with Crippen LogP contribution in [-0.4, -0.2) is 80.7 Å². The smallest absolute Gasteiger partial charge is 0.236 e. The average molecular weight is 357 g/mol. The van der Waals surface area contributed by atoms with Crippen LogP contribution in [0, 0.1) is 16.7 Å². The van der Waals surface area contributed by atoms with E-state index in [1.54, 1.807) is 6.07 Å². The van der Waals surface area contributed by atoms with Crippen molar-refractivity contribution in [2.24, 2.45) is 5.41 Å². The SMILES string of the molecule is CN(C)CC(=O)N1CCC[C@]2(COCCN(c3cccc(C#N)n3)C2)C1. The lowest BCUT2D eigenvalue weighted by Crippen LogP contribution is -2.53. The lowest BCUT2D eigenvalue weighted by atomic mass is 9.80. The summed E-state index contributed by atoms with van der Waals surface area (Å²) in [5.41, 5.74) is 0.342. The molecule has 3 rings (SSSR count). The van der Waals surface area contributed by atoms with Gasteiger partial charge in [-0.15, -0.1) is 0 Å². The fourth-order valence-corrected chi connectivity index (χ4v) is 3.89. The predicted molar refractivity (Wildman–Crippen MR) is 98.8 cm³/mol. The predicted octanol–water partition coefficient (Wildman–Crippen LogP) is 0.960. The molecule has 2 aliphatic heterocycles. The number of piperidine rings is 1. The zero-order valence-electron chi connectivity index (χ0n) is 15.6. The fraction of sp³-hybridized carbons (Fsp3) is 0.632. The molecule has 0 radical (unpaired) electrons. The molecule has 26 heavy (non-hydrogen) atoms. The molecule has 0 unspecified atom stereocenters. The number of likely N-dealkylation sites (N-methyl/N-ethyl adjacent to an activating group) is 1. The zero-order valence-corrected chi connectivity index (χ0v) is 15.6. The lowest BCUT2D eigenvalue weighted by molar-refractivity contribution is -0.136. The highest BCUT2D eigenvalue weighted by molar-refractivity contribution is 5.78. The second-order valence-corrected chi connectivity index (χ2v) is 7.62. The minimum atomic E-state index is -0.0823. The van der Waals surface area contributed by atoms with Gasteiger partial charge in [-0.2, -0.15) is 5.26 Å². The number of hydrogen-bond donors (Lipinski definition) is 0. The van der Waals surface area contributed by atoms with E-state index in [9.17, 15) is 4.79 Å². The molecule has 0 saturated carbocycles. The van der Waals surface area contributed by atoms with Gasteiger partial charge in [0.05, 0.1) is 19.8 Å². The van der Waals surface area contributed by atoms with E-state index in [2.05, 4.69) is 16.0 Å². The van der Waals surface area contributed by atoms with Crippen LogP contribution in [0.2, 0.25) is 0 Å². The maximum Gasteiger partial charge on any atom is 0.236 e. The van der Waals surface area contributed by atoms with Crippen LogP contribution in [0.15, 0.2) is 18.2 Å². The maximum atomic E-state index is 12.5. The second kappa shape index (κ2) is 8.02. The number of rotatable bonds is 3. The summed E-state index contributed by atoms with van der Waals surface area (Å²) in [7, 11) is 3.84. The third-order valence-corrected chi connectivity index (χ3v) is 5.08. The molecule has 7 heteroatoms. The molecular formula is C19H27N5O2. The summed E-state index contributed by atoms with van der Waals surface area (Å²) in [6, 6.07) is 7.64. The van der Waals surface area contributed by atoms with Crippen LogP contribution in [0.4, 0.5) is 5.82 Å². The number of amides is 1. The van der Waals surface area contributed by atoms with Gasteiger partial charge >= 0.3 is 0 Å². The topological polar surface area (TPSA) is 72.7 Å². The summed E-state index contributed by atoms with van der Waals surface area (Å²) in [6.07, 6.45) is 2.02. The number of likely N-dealkylation sites (tertiary alicyclic amines) is 1. The van der Waals surface area contributed by atoms with E-state index in [1.165, 1.54) is 0 Å². The number of hydrogen-bond acceptors (Lipinski definition) is 6. The summed E-state index contributed by atoms with van der Waals surface area (Å²) in [6.45, 7) is 4.80. The van der Waals surface area contributed by atoms with E-state index in [0.29, 0.717) is 32.0 Å². The summed E-state index contributed by atoms with van der Waals surface area (Å²) in [4.78, 5) is 23.1. The van der Waals surface area contributed by atoms with Crippen molar-refractivity contribution in [3.63, 3.8) is 0 Å². The van der Waals surface area contributed by atoms with E-state index in [0.717, 1.165) is 38.3 Å². The number of nitrogens with zero attached hydrogens (tertiary/aromatic N) is 5. The first-order valence-corrected chi connectivity index (χ1v) is 9.14. The monoisotopic (exact) mass is 357 g/mol. The van der Waals surface area contributed by atoms with Gasteiger partial charge in [0.1, 0.15) is 17.6 Å². The Labute approximate surface area is 155 Å². The van der Waals surface area contributed by atoms with E-state index in [4.69, 9.17) is 10.00 Å². The Kier molecular flexibility index (Phi) is 5.74. The Balaban J connectivity index is 1.77. The van der Waals surface area contributed by atoms with Crippen molar-refractivity contribution in [2.45, 2.75) is 12.8 Å². The summed E-state index contributed by atoms with van der Waals surface area (Å²) in [5.74, 6) is 0.986. The molecule has 2 saturated heterocycles. The first kappa shape index (κ1) is 18.6. The summed E-state index contributed by atoms with van der Waals surface area (Å²) < 4.78 is 5.92. The third-order valence-electron chi connectivity index (χ3n) is 5.08. The molecule has 3 heterocycles. The number of carbonyl (C=O) groups excluding carboxylic acids is 1. The Bertz CT molecular complexity index is 687. The van der Waals surface area contributed by atoms with Crippen LogP contribution in [0.1, 0.15) is 18.5 Å². The first-order chi connectivity index (χ1) is 12.5. The van der Waals surface area contributed by atoms with Crippen LogP contribution in [0.3, 0.4) is 0 Å². The van der Waals surface area contributed by atoms with Gasteiger partial charge < -0.3 is 19.4 Å². The van der Waals surface area contributed by atoms with Gasteiger partial charge in [0.15, 0.2) is 0 Å². The minimum Gasteiger partial charge on any atom is -0.379 e. The highest BCUT2D eigenvalue weighted by atomic mass is 16.5. The molecule has 0 aliphatic carbocycles. The molecule has 1 aromatic heterocycles. The second-order valence-electron chi connectivity index (χ2n) is 7.62. The number of aromatic nitrogens is 1. The molecule has 2 fully saturated rings. The van der Waals surface area contributed by atoms with Crippen molar-refractivity contribution in [1.82, 2.24) is 14.8 Å². The number of carbonyl (C=O) groups is 1. The standard InChI is InChI=1S/C19H27N5O2/c1-22(2)12-18(25)24-8-4-7-19(14-24)13-23(9-10-26-15-19)17-6-3-5-16(11-20)21-17/h3,5-6H,4,7-10,12-15H2,1-2H3/t19-/m1/s1. The largest absolute Gasteiger partial charge is 0.379 e. The molecule has 0 N–H and O–H groups in total. The fourth-order valence-electron chi connectivity index (χ4n) is 3.89. The van der Waals surface area contributed by atoms with E-state index in [1.807, 2.05) is 36.0 Å². The highest BCUT2D eigenvalue weighted by Gasteiger charge is 2.40. The van der Waals surface area contributed by atoms with Gasteiger partial charge in [-0.3, -0.25) is 4.79 Å². The van der Waals surface area contributed by atoms with Crippen LogP contribution >= 0.6 is 0 Å². The van der Waals surface area contributed by atoms with Crippen molar-refractivity contribution >= 4 is 11.7 Å². The van der Waals surface area contributed by atoms with E-state index >= 15 is 0 Å². The maximum absolute atomic E-state index is 12.5. The van der Waals surface area contributed by atoms with Crippen molar-refractivity contribution < 1.29 is 9.53 Å². The Morgan fingerprint density at radius 1 is 1.38 bits per heavy atom. The molecule has 2 aliphatic rings. The molecule has 140 valence electrons. The average Bonchev–Trinajstić information content (AvgIpc) is 2.84. The number of pyridine rings is 1. The molecule has 1 aromatic rings. The minimum absolute atomic E-state index is 0.0823. The summed E-state index contributed by atoms with van der Waals surface area (Å²) >= 11 is 0. The molecule has 1 amide bonds. The first-order valence-electron chi connectivity index (χ1n) is 9.14. The molecule has 0 bridgehead atoms. The Morgan fingerprint density at radius 3 is 3.00 bits per heavy atom. The van der Waals surface area contributed by atoms with Crippen LogP contribution in [-0.2, 0) is 9.53 Å². The normalized spacial score (nSPS) is 23.8. The lowest BCUT2D eigenvalue weighted by Gasteiger charge is -2.44. The quantitative estimate of drug-likeness (QED) is 0.802. The van der Waals surface area contributed by atoms with Gasteiger partial charge in [-0.1, -0.05) is 6.07 Å². The van der Waals surface area contributed by atoms with Crippen LogP contribution < -0.4 is 4.90 Å². The van der Waals surface area contributed by atoms with Gasteiger partial charge in [0, 0.05) is 31.6 Å². The van der Waals surface area contributed by atoms with Gasteiger partial charge in [0.2, 0.25) is 5.91 Å². The van der Waals surface area contributed by atoms with Crippen LogP contribution in [0.5, 0.6) is 0 Å². The van der Waals surface area contributed by atoms with Crippen molar-refractivity contribution in [1.29, 1.82) is 5.26 Å². The van der Waals surface area contributed by atoms with E-state index < -0.39 is 0 Å². The van der Waals surface area contributed by atoms with Gasteiger partial charge in [0.25, 0.3) is 0 Å². The highest BCUT2D eigenvalue weighted by Crippen LogP contribution is 2.34. The number of ether oxygens (including phenoxy) is 1. The molecule has 1 atom stereocenters. The Hall–Kier alpha value is -2.17. The van der Waals surface area contributed by atoms with E-state index in [-0.39, 0.29) is 11.3 Å². The van der Waals surface area contributed by atoms with Crippen LogP contribution in [0.25, 0.3) is 0 Å². The molecule has 1 spiro atoms.